The van der Waals surface area contributed by atoms with Gasteiger partial charge in [0.05, 0.1) is 12.8 Å². The Morgan fingerprint density at radius 3 is 2.69 bits per heavy atom. The fourth-order valence-corrected chi connectivity index (χ4v) is 3.00. The van der Waals surface area contributed by atoms with Gasteiger partial charge in [0.15, 0.2) is 5.96 Å². The molecular weight excluding hydrogens is 371 g/mol. The largest absolute Gasteiger partial charge is 0.496 e. The number of guanidine groups is 1. The lowest BCUT2D eigenvalue weighted by Crippen LogP contribution is -2.39. The Morgan fingerprint density at radius 1 is 1.21 bits per heavy atom. The minimum Gasteiger partial charge on any atom is -0.496 e. The van der Waals surface area contributed by atoms with Crippen LogP contribution in [-0.4, -0.2) is 43.6 Å². The van der Waals surface area contributed by atoms with Gasteiger partial charge in [-0.05, 0) is 30.3 Å². The maximum Gasteiger partial charge on any atom is 0.226 e. The zero-order valence-electron chi connectivity index (χ0n) is 16.9. The zero-order valence-corrected chi connectivity index (χ0v) is 16.9. The predicted octanol–water partition coefficient (Wildman–Crippen LogP) is 3.74. The van der Waals surface area contributed by atoms with E-state index in [1.54, 1.807) is 32.6 Å². The Hall–Kier alpha value is -3.35. The van der Waals surface area contributed by atoms with Crippen molar-refractivity contribution in [3.63, 3.8) is 0 Å². The van der Waals surface area contributed by atoms with E-state index in [4.69, 9.17) is 9.15 Å². The summed E-state index contributed by atoms with van der Waals surface area (Å²) in [7, 11) is 5.40. The van der Waals surface area contributed by atoms with Crippen LogP contribution in [0.25, 0.3) is 11.5 Å². The summed E-state index contributed by atoms with van der Waals surface area (Å²) in [5.74, 6) is 1.83. The quantitative estimate of drug-likeness (QED) is 0.487. The van der Waals surface area contributed by atoms with Crippen molar-refractivity contribution in [2.24, 2.45) is 4.99 Å². The molecule has 0 bridgehead atoms. The Morgan fingerprint density at radius 2 is 1.97 bits per heavy atom. The van der Waals surface area contributed by atoms with E-state index in [2.05, 4.69) is 15.3 Å². The van der Waals surface area contributed by atoms with Crippen LogP contribution in [0.1, 0.15) is 11.3 Å². The molecule has 1 N–H and O–H groups in total. The molecule has 152 valence electrons. The van der Waals surface area contributed by atoms with Crippen molar-refractivity contribution in [3.8, 4) is 17.2 Å². The van der Waals surface area contributed by atoms with Gasteiger partial charge in [0, 0.05) is 44.7 Å². The third kappa shape index (κ3) is 5.34. The van der Waals surface area contributed by atoms with Gasteiger partial charge in [-0.2, -0.15) is 0 Å². The fraction of sp³-hybridized carbons (Fsp3) is 0.273. The van der Waals surface area contributed by atoms with Crippen LogP contribution in [-0.2, 0) is 13.0 Å². The van der Waals surface area contributed by atoms with Gasteiger partial charge in [-0.3, -0.25) is 4.99 Å². The molecule has 0 spiro atoms. The first kappa shape index (κ1) is 20.4. The number of nitrogens with one attached hydrogen (secondary N) is 1. The second-order valence-corrected chi connectivity index (χ2v) is 6.54. The lowest BCUT2D eigenvalue weighted by Gasteiger charge is -2.23. The average molecular weight is 396 g/mol. The fourth-order valence-electron chi connectivity index (χ4n) is 3.00. The number of halogens is 1. The number of benzene rings is 2. The second-order valence-electron chi connectivity index (χ2n) is 6.54. The van der Waals surface area contributed by atoms with E-state index in [9.17, 15) is 4.39 Å². The molecule has 0 amide bonds. The number of aliphatic imine (C=N–C) groups is 1. The number of ether oxygens (including phenoxy) is 1. The van der Waals surface area contributed by atoms with Crippen molar-refractivity contribution >= 4 is 5.96 Å². The highest BCUT2D eigenvalue weighted by molar-refractivity contribution is 5.79. The summed E-state index contributed by atoms with van der Waals surface area (Å²) in [4.78, 5) is 10.8. The number of rotatable bonds is 7. The second kappa shape index (κ2) is 9.73. The topological polar surface area (TPSA) is 62.9 Å². The molecule has 0 unspecified atom stereocenters. The molecule has 0 aliphatic rings. The number of para-hydroxylation sites is 1. The van der Waals surface area contributed by atoms with Gasteiger partial charge in [0.1, 0.15) is 17.8 Å². The molecule has 0 aliphatic heterocycles. The monoisotopic (exact) mass is 396 g/mol. The van der Waals surface area contributed by atoms with Gasteiger partial charge in [0.2, 0.25) is 5.89 Å². The van der Waals surface area contributed by atoms with Crippen molar-refractivity contribution in [1.29, 1.82) is 0 Å². The third-order valence-electron chi connectivity index (χ3n) is 4.48. The van der Waals surface area contributed by atoms with Crippen molar-refractivity contribution in [1.82, 2.24) is 15.2 Å². The SMILES string of the molecule is CN=C(NCCc1coc(-c2ccc(F)cc2)n1)N(C)Cc1ccccc1OC. The first-order valence-electron chi connectivity index (χ1n) is 9.34. The molecule has 0 radical (unpaired) electrons. The number of oxazole rings is 1. The number of nitrogens with zero attached hydrogens (tertiary/aromatic N) is 3. The first-order valence-corrected chi connectivity index (χ1v) is 9.34. The average Bonchev–Trinajstić information content (AvgIpc) is 3.21. The van der Waals surface area contributed by atoms with E-state index in [1.807, 2.05) is 36.2 Å². The zero-order chi connectivity index (χ0) is 20.6. The van der Waals surface area contributed by atoms with Gasteiger partial charge >= 0.3 is 0 Å². The number of hydrogen-bond donors (Lipinski definition) is 1. The van der Waals surface area contributed by atoms with E-state index in [-0.39, 0.29) is 5.82 Å². The van der Waals surface area contributed by atoms with Crippen LogP contribution in [0.5, 0.6) is 5.75 Å². The maximum atomic E-state index is 13.0. The Balaban J connectivity index is 1.54. The summed E-state index contributed by atoms with van der Waals surface area (Å²) in [5.41, 5.74) is 2.65. The first-order chi connectivity index (χ1) is 14.1. The van der Waals surface area contributed by atoms with Crippen LogP contribution in [0.4, 0.5) is 4.39 Å². The summed E-state index contributed by atoms with van der Waals surface area (Å²) in [6.07, 6.45) is 2.30. The van der Waals surface area contributed by atoms with Gasteiger partial charge in [0.25, 0.3) is 0 Å². The summed E-state index contributed by atoms with van der Waals surface area (Å²) in [6.45, 7) is 1.32. The van der Waals surface area contributed by atoms with Crippen LogP contribution in [0.15, 0.2) is 64.2 Å². The van der Waals surface area contributed by atoms with Gasteiger partial charge in [-0.25, -0.2) is 9.37 Å². The molecule has 0 atom stereocenters. The van der Waals surface area contributed by atoms with Crippen molar-refractivity contribution in [2.45, 2.75) is 13.0 Å². The lowest BCUT2D eigenvalue weighted by molar-refractivity contribution is 0.396. The summed E-state index contributed by atoms with van der Waals surface area (Å²) >= 11 is 0. The highest BCUT2D eigenvalue weighted by Crippen LogP contribution is 2.20. The van der Waals surface area contributed by atoms with Crippen LogP contribution in [0.3, 0.4) is 0 Å². The molecule has 3 rings (SSSR count). The van der Waals surface area contributed by atoms with Crippen molar-refractivity contribution in [3.05, 3.63) is 71.9 Å². The third-order valence-corrected chi connectivity index (χ3v) is 4.48. The van der Waals surface area contributed by atoms with E-state index in [1.165, 1.54) is 12.1 Å². The molecule has 1 heterocycles. The van der Waals surface area contributed by atoms with Crippen LogP contribution in [0, 0.1) is 5.82 Å². The van der Waals surface area contributed by atoms with E-state index in [0.29, 0.717) is 25.4 Å². The minimum atomic E-state index is -0.284. The molecule has 3 aromatic rings. The highest BCUT2D eigenvalue weighted by Gasteiger charge is 2.11. The smallest absolute Gasteiger partial charge is 0.226 e. The standard InChI is InChI=1S/C22H25FN4O2/c1-24-22(27(2)14-17-6-4-5-7-20(17)28-3)25-13-12-19-15-29-21(26-19)16-8-10-18(23)11-9-16/h4-11,15H,12-14H2,1-3H3,(H,24,25). The summed E-state index contributed by atoms with van der Waals surface area (Å²) < 4.78 is 24.0. The number of hydrogen-bond acceptors (Lipinski definition) is 4. The van der Waals surface area contributed by atoms with E-state index in [0.717, 1.165) is 28.5 Å². The number of methoxy groups -OCH3 is 1. The molecule has 0 aliphatic carbocycles. The van der Waals surface area contributed by atoms with Gasteiger partial charge in [-0.1, -0.05) is 18.2 Å². The Labute approximate surface area is 170 Å². The van der Waals surface area contributed by atoms with Crippen molar-refractivity contribution < 1.29 is 13.5 Å². The molecule has 0 saturated heterocycles. The molecule has 0 fully saturated rings. The predicted molar refractivity (Wildman–Crippen MR) is 111 cm³/mol. The van der Waals surface area contributed by atoms with Crippen LogP contribution in [0.2, 0.25) is 0 Å². The van der Waals surface area contributed by atoms with Crippen LogP contribution < -0.4 is 10.1 Å². The normalized spacial score (nSPS) is 11.4. The summed E-state index contributed by atoms with van der Waals surface area (Å²) in [5, 5.41) is 3.34. The van der Waals surface area contributed by atoms with Crippen LogP contribution >= 0.6 is 0 Å². The Kier molecular flexibility index (Phi) is 6.84. The van der Waals surface area contributed by atoms with E-state index < -0.39 is 0 Å². The van der Waals surface area contributed by atoms with Gasteiger partial charge in [-0.15, -0.1) is 0 Å². The molecular formula is C22H25FN4O2. The molecule has 2 aromatic carbocycles. The summed E-state index contributed by atoms with van der Waals surface area (Å²) in [6, 6.07) is 14.0. The molecule has 1 aromatic heterocycles. The number of aromatic nitrogens is 1. The van der Waals surface area contributed by atoms with E-state index >= 15 is 0 Å². The molecule has 7 heteroatoms. The maximum absolute atomic E-state index is 13.0. The molecule has 0 saturated carbocycles. The highest BCUT2D eigenvalue weighted by atomic mass is 19.1. The lowest BCUT2D eigenvalue weighted by atomic mass is 10.2. The Bertz CT molecular complexity index is 953. The van der Waals surface area contributed by atoms with Gasteiger partial charge < -0.3 is 19.4 Å². The minimum absolute atomic E-state index is 0.284. The molecule has 29 heavy (non-hydrogen) atoms. The molecule has 6 nitrogen and oxygen atoms in total. The van der Waals surface area contributed by atoms with Crippen molar-refractivity contribution in [2.75, 3.05) is 27.7 Å².